The molecular weight excluding hydrogens is 420 g/mol. The van der Waals surface area contributed by atoms with Crippen molar-refractivity contribution in [2.45, 2.75) is 9.79 Å². The number of hydrogen-bond acceptors (Lipinski definition) is 2. The van der Waals surface area contributed by atoms with Crippen LogP contribution < -0.4 is 4.90 Å². The summed E-state index contributed by atoms with van der Waals surface area (Å²) in [6, 6.07) is 39.8. The van der Waals surface area contributed by atoms with Gasteiger partial charge in [0.1, 0.15) is 0 Å². The first-order valence-corrected chi connectivity index (χ1v) is 12.0. The molecule has 2 aromatic heterocycles. The Morgan fingerprint density at radius 1 is 0.485 bits per heavy atom. The summed E-state index contributed by atoms with van der Waals surface area (Å²) in [5.41, 5.74) is 7.54. The van der Waals surface area contributed by atoms with E-state index in [2.05, 4.69) is 118 Å². The molecule has 8 rings (SSSR count). The Kier molecular flexibility index (Phi) is 3.36. The zero-order valence-electron chi connectivity index (χ0n) is 17.7. The summed E-state index contributed by atoms with van der Waals surface area (Å²) in [5, 5.41) is 5.22. The van der Waals surface area contributed by atoms with Crippen molar-refractivity contribution in [2.24, 2.45) is 0 Å². The summed E-state index contributed by atoms with van der Waals surface area (Å²) >= 11 is 1.85. The van der Waals surface area contributed by atoms with Crippen molar-refractivity contribution in [1.82, 2.24) is 4.40 Å². The maximum Gasteiger partial charge on any atom is 0.0622 e. The Morgan fingerprint density at radius 3 is 1.55 bits per heavy atom. The number of aromatic nitrogens is 1. The van der Waals surface area contributed by atoms with Crippen molar-refractivity contribution in [3.05, 3.63) is 109 Å². The topological polar surface area (TPSA) is 7.65 Å². The lowest BCUT2D eigenvalue weighted by atomic mass is 10.1. The summed E-state index contributed by atoms with van der Waals surface area (Å²) in [6.07, 6.45) is 0. The molecule has 5 aromatic carbocycles. The van der Waals surface area contributed by atoms with Gasteiger partial charge in [0.05, 0.1) is 27.9 Å². The van der Waals surface area contributed by atoms with E-state index in [9.17, 15) is 0 Å². The van der Waals surface area contributed by atoms with E-state index in [0.29, 0.717) is 0 Å². The second-order valence-corrected chi connectivity index (χ2v) is 9.72. The van der Waals surface area contributed by atoms with Gasteiger partial charge in [-0.15, -0.1) is 0 Å². The first-order chi connectivity index (χ1) is 16.4. The molecule has 7 aromatic rings. The van der Waals surface area contributed by atoms with Gasteiger partial charge >= 0.3 is 0 Å². The molecule has 0 N–H and O–H groups in total. The molecule has 1 aliphatic rings. The van der Waals surface area contributed by atoms with Gasteiger partial charge in [-0.2, -0.15) is 0 Å². The molecule has 0 saturated carbocycles. The van der Waals surface area contributed by atoms with E-state index in [-0.39, 0.29) is 0 Å². The number of para-hydroxylation sites is 4. The molecule has 0 bridgehead atoms. The fraction of sp³-hybridized carbons (Fsp3) is 0. The molecule has 0 spiro atoms. The van der Waals surface area contributed by atoms with Gasteiger partial charge < -0.3 is 9.30 Å². The Labute approximate surface area is 195 Å². The molecule has 1 aliphatic heterocycles. The minimum absolute atomic E-state index is 1.21. The Hall–Kier alpha value is -3.95. The minimum atomic E-state index is 1.21. The van der Waals surface area contributed by atoms with Crippen molar-refractivity contribution >= 4 is 66.9 Å². The van der Waals surface area contributed by atoms with E-state index < -0.39 is 0 Å². The van der Waals surface area contributed by atoms with E-state index in [1.54, 1.807) is 0 Å². The molecular formula is C30H18N2S. The molecule has 0 amide bonds. The van der Waals surface area contributed by atoms with E-state index >= 15 is 0 Å². The van der Waals surface area contributed by atoms with Gasteiger partial charge in [0.2, 0.25) is 0 Å². The number of fused-ring (bicyclic) bond motifs is 8. The van der Waals surface area contributed by atoms with Crippen LogP contribution in [0.1, 0.15) is 0 Å². The number of hydrogen-bond donors (Lipinski definition) is 0. The average molecular weight is 439 g/mol. The largest absolute Gasteiger partial charge is 0.308 e. The molecule has 0 saturated heterocycles. The van der Waals surface area contributed by atoms with Gasteiger partial charge in [-0.05, 0) is 48.5 Å². The van der Waals surface area contributed by atoms with Gasteiger partial charge in [0.15, 0.2) is 0 Å². The van der Waals surface area contributed by atoms with Crippen LogP contribution in [0.5, 0.6) is 0 Å². The number of benzene rings is 5. The summed E-state index contributed by atoms with van der Waals surface area (Å²) in [7, 11) is 0. The third-order valence-corrected chi connectivity index (χ3v) is 8.01. The summed E-state index contributed by atoms with van der Waals surface area (Å²) in [5.74, 6) is 0. The maximum absolute atomic E-state index is 2.44. The first kappa shape index (κ1) is 17.6. The van der Waals surface area contributed by atoms with Crippen LogP contribution in [-0.4, -0.2) is 4.40 Å². The molecule has 3 heteroatoms. The second-order valence-electron chi connectivity index (χ2n) is 8.63. The Balaban J connectivity index is 1.55. The summed E-state index contributed by atoms with van der Waals surface area (Å²) < 4.78 is 2.44. The Morgan fingerprint density at radius 2 is 0.970 bits per heavy atom. The lowest BCUT2D eigenvalue weighted by Gasteiger charge is -2.33. The summed E-state index contributed by atoms with van der Waals surface area (Å²) in [4.78, 5) is 5.01. The van der Waals surface area contributed by atoms with Crippen molar-refractivity contribution in [3.8, 4) is 0 Å². The van der Waals surface area contributed by atoms with Crippen molar-refractivity contribution in [2.75, 3.05) is 4.90 Å². The minimum Gasteiger partial charge on any atom is -0.308 e. The number of rotatable bonds is 1. The van der Waals surface area contributed by atoms with Crippen LogP contribution >= 0.6 is 11.8 Å². The van der Waals surface area contributed by atoms with Crippen LogP contribution in [0.3, 0.4) is 0 Å². The lowest BCUT2D eigenvalue weighted by Crippen LogP contribution is -2.14. The van der Waals surface area contributed by atoms with Crippen LogP contribution in [0.2, 0.25) is 0 Å². The summed E-state index contributed by atoms with van der Waals surface area (Å²) in [6.45, 7) is 0. The van der Waals surface area contributed by atoms with Crippen LogP contribution in [0.4, 0.5) is 17.1 Å². The van der Waals surface area contributed by atoms with E-state index in [1.807, 2.05) is 11.8 Å². The van der Waals surface area contributed by atoms with Crippen molar-refractivity contribution < 1.29 is 0 Å². The van der Waals surface area contributed by atoms with Gasteiger partial charge in [0, 0.05) is 37.0 Å². The smallest absolute Gasteiger partial charge is 0.0622 e. The highest BCUT2D eigenvalue weighted by Gasteiger charge is 2.26. The molecule has 0 unspecified atom stereocenters. The third kappa shape index (κ3) is 2.25. The normalized spacial score (nSPS) is 13.3. The highest BCUT2D eigenvalue weighted by Crippen LogP contribution is 2.52. The zero-order valence-corrected chi connectivity index (χ0v) is 18.5. The number of anilines is 3. The van der Waals surface area contributed by atoms with Crippen LogP contribution in [-0.2, 0) is 0 Å². The van der Waals surface area contributed by atoms with Crippen molar-refractivity contribution in [3.63, 3.8) is 0 Å². The predicted octanol–water partition coefficient (Wildman–Crippen LogP) is 8.77. The molecule has 0 aliphatic carbocycles. The highest BCUT2D eigenvalue weighted by molar-refractivity contribution is 7.99. The van der Waals surface area contributed by atoms with E-state index in [1.165, 1.54) is 64.9 Å². The van der Waals surface area contributed by atoms with Gasteiger partial charge in [-0.1, -0.05) is 72.4 Å². The fourth-order valence-electron chi connectivity index (χ4n) is 5.55. The van der Waals surface area contributed by atoms with Gasteiger partial charge in [-0.3, -0.25) is 0 Å². The maximum atomic E-state index is 2.44. The SMILES string of the molecule is c1ccc2c(c1)Sc1ccccc1N2c1cc2c3ccccc3n3c4ccccc4c(c1)c23. The first-order valence-electron chi connectivity index (χ1n) is 11.2. The average Bonchev–Trinajstić information content (AvgIpc) is 3.39. The van der Waals surface area contributed by atoms with E-state index in [4.69, 9.17) is 0 Å². The molecule has 0 radical (unpaired) electrons. The standard InChI is InChI=1S/C30H18N2S/c1-3-11-24-20(9-1)22-17-19(18-23-21-10-2-4-12-25(21)32(24)30(22)23)31-26-13-5-7-15-28(26)33-29-16-8-6-14-27(29)31/h1-18H. The molecule has 0 fully saturated rings. The molecule has 3 heterocycles. The van der Waals surface area contributed by atoms with Gasteiger partial charge in [-0.25, -0.2) is 0 Å². The monoisotopic (exact) mass is 438 g/mol. The quantitative estimate of drug-likeness (QED) is 0.253. The predicted molar refractivity (Wildman–Crippen MR) is 140 cm³/mol. The van der Waals surface area contributed by atoms with Crippen molar-refractivity contribution in [1.29, 1.82) is 0 Å². The van der Waals surface area contributed by atoms with Gasteiger partial charge in [0.25, 0.3) is 0 Å². The molecule has 2 nitrogen and oxygen atoms in total. The Bertz CT molecular complexity index is 1730. The fourth-order valence-corrected chi connectivity index (χ4v) is 6.60. The second kappa shape index (κ2) is 6.31. The molecule has 154 valence electrons. The lowest BCUT2D eigenvalue weighted by molar-refractivity contribution is 1.17. The molecule has 33 heavy (non-hydrogen) atoms. The van der Waals surface area contributed by atoms with E-state index in [0.717, 1.165) is 0 Å². The van der Waals surface area contributed by atoms with Crippen LogP contribution in [0.25, 0.3) is 38.1 Å². The highest BCUT2D eigenvalue weighted by atomic mass is 32.2. The van der Waals surface area contributed by atoms with Crippen LogP contribution in [0, 0.1) is 0 Å². The zero-order chi connectivity index (χ0) is 21.5. The number of nitrogens with zero attached hydrogens (tertiary/aromatic N) is 2. The van der Waals surface area contributed by atoms with Crippen LogP contribution in [0.15, 0.2) is 119 Å². The third-order valence-electron chi connectivity index (χ3n) is 6.88. The molecule has 0 atom stereocenters.